The van der Waals surface area contributed by atoms with Gasteiger partial charge in [0.15, 0.2) is 5.79 Å². The number of hydrogen-bond acceptors (Lipinski definition) is 4. The summed E-state index contributed by atoms with van der Waals surface area (Å²) >= 11 is 0. The molecule has 3 fully saturated rings. The van der Waals surface area contributed by atoms with Gasteiger partial charge in [-0.3, -0.25) is 4.90 Å². The fourth-order valence-corrected chi connectivity index (χ4v) is 4.21. The van der Waals surface area contributed by atoms with E-state index in [9.17, 15) is 5.11 Å². The summed E-state index contributed by atoms with van der Waals surface area (Å²) in [7, 11) is 2.18. The molecule has 3 rings (SSSR count). The van der Waals surface area contributed by atoms with Gasteiger partial charge in [0, 0.05) is 24.9 Å². The van der Waals surface area contributed by atoms with E-state index in [1.807, 2.05) is 0 Å². The Morgan fingerprint density at radius 1 is 1.05 bits per heavy atom. The van der Waals surface area contributed by atoms with Crippen LogP contribution in [0.25, 0.3) is 0 Å². The van der Waals surface area contributed by atoms with Crippen molar-refractivity contribution in [3.8, 4) is 0 Å². The number of likely N-dealkylation sites (N-methyl/N-ethyl adjacent to an activating group) is 1. The molecule has 2 unspecified atom stereocenters. The minimum atomic E-state index is -0.403. The van der Waals surface area contributed by atoms with Crippen molar-refractivity contribution >= 4 is 0 Å². The second-order valence-electron chi connectivity index (χ2n) is 7.06. The molecular weight excluding hydrogens is 254 g/mol. The van der Waals surface area contributed by atoms with E-state index in [-0.39, 0.29) is 12.1 Å². The topological polar surface area (TPSA) is 41.9 Å². The monoisotopic (exact) mass is 283 g/mol. The van der Waals surface area contributed by atoms with Crippen LogP contribution < -0.4 is 0 Å². The van der Waals surface area contributed by atoms with Crippen LogP contribution in [0.2, 0.25) is 0 Å². The van der Waals surface area contributed by atoms with E-state index in [2.05, 4.69) is 18.9 Å². The zero-order valence-corrected chi connectivity index (χ0v) is 12.9. The quantitative estimate of drug-likeness (QED) is 0.843. The fourth-order valence-electron chi connectivity index (χ4n) is 4.21. The third kappa shape index (κ3) is 2.89. The molecule has 20 heavy (non-hydrogen) atoms. The maximum atomic E-state index is 10.4. The average molecular weight is 283 g/mol. The zero-order valence-electron chi connectivity index (χ0n) is 12.9. The Bertz CT molecular complexity index is 322. The van der Waals surface area contributed by atoms with Crippen LogP contribution in [0.3, 0.4) is 0 Å². The van der Waals surface area contributed by atoms with Crippen LogP contribution in [0.5, 0.6) is 0 Å². The third-order valence-corrected chi connectivity index (χ3v) is 5.68. The highest BCUT2D eigenvalue weighted by atomic mass is 16.7. The predicted molar refractivity (Wildman–Crippen MR) is 77.5 cm³/mol. The normalized spacial score (nSPS) is 41.4. The lowest BCUT2D eigenvalue weighted by molar-refractivity contribution is -0.206. The van der Waals surface area contributed by atoms with Crippen molar-refractivity contribution in [1.29, 1.82) is 0 Å². The first-order valence-electron chi connectivity index (χ1n) is 8.27. The molecule has 4 heteroatoms. The molecule has 0 aromatic carbocycles. The van der Waals surface area contributed by atoms with Crippen LogP contribution in [0.1, 0.15) is 51.9 Å². The van der Waals surface area contributed by atoms with Crippen molar-refractivity contribution in [2.75, 3.05) is 20.3 Å². The molecule has 116 valence electrons. The van der Waals surface area contributed by atoms with E-state index in [4.69, 9.17) is 9.47 Å². The maximum absolute atomic E-state index is 10.4. The molecule has 4 nitrogen and oxygen atoms in total. The number of rotatable bonds is 2. The first-order valence-corrected chi connectivity index (χ1v) is 8.27. The fraction of sp³-hybridized carbons (Fsp3) is 1.00. The molecule has 2 atom stereocenters. The Kier molecular flexibility index (Phi) is 4.37. The molecule has 2 saturated carbocycles. The Hall–Kier alpha value is -0.160. The van der Waals surface area contributed by atoms with Crippen LogP contribution >= 0.6 is 0 Å². The van der Waals surface area contributed by atoms with Crippen molar-refractivity contribution < 1.29 is 14.6 Å². The Balaban J connectivity index is 1.64. The summed E-state index contributed by atoms with van der Waals surface area (Å²) < 4.78 is 11.7. The standard InChI is InChI=1S/C16H29NO3/c1-12-3-5-13(6-4-12)17(2)14-11-16(8-7-15(14)18)19-9-10-20-16/h12-15,18H,3-11H2,1-2H3. The van der Waals surface area contributed by atoms with Crippen LogP contribution in [-0.4, -0.2) is 54.2 Å². The molecule has 0 radical (unpaired) electrons. The van der Waals surface area contributed by atoms with Gasteiger partial charge >= 0.3 is 0 Å². The Morgan fingerprint density at radius 2 is 1.70 bits per heavy atom. The third-order valence-electron chi connectivity index (χ3n) is 5.68. The first-order chi connectivity index (χ1) is 9.60. The molecule has 1 saturated heterocycles. The van der Waals surface area contributed by atoms with Crippen molar-refractivity contribution in [2.24, 2.45) is 5.92 Å². The smallest absolute Gasteiger partial charge is 0.170 e. The summed E-state index contributed by atoms with van der Waals surface area (Å²) in [5, 5.41) is 10.4. The van der Waals surface area contributed by atoms with E-state index in [0.29, 0.717) is 19.3 Å². The Labute approximate surface area is 122 Å². The Morgan fingerprint density at radius 3 is 2.35 bits per heavy atom. The van der Waals surface area contributed by atoms with Gasteiger partial charge in [0.05, 0.1) is 19.3 Å². The van der Waals surface area contributed by atoms with Gasteiger partial charge in [-0.15, -0.1) is 0 Å². The second kappa shape index (κ2) is 5.91. The molecular formula is C16H29NO3. The molecule has 0 aromatic rings. The van der Waals surface area contributed by atoms with Crippen LogP contribution in [0.4, 0.5) is 0 Å². The maximum Gasteiger partial charge on any atom is 0.170 e. The predicted octanol–water partition coefficient (Wildman–Crippen LogP) is 2.15. The second-order valence-corrected chi connectivity index (χ2v) is 7.06. The summed E-state index contributed by atoms with van der Waals surface area (Å²) in [4.78, 5) is 2.42. The van der Waals surface area contributed by atoms with Crippen molar-refractivity contribution in [3.05, 3.63) is 0 Å². The van der Waals surface area contributed by atoms with Gasteiger partial charge in [-0.2, -0.15) is 0 Å². The molecule has 1 N–H and O–H groups in total. The molecule has 3 aliphatic rings. The molecule has 2 aliphatic carbocycles. The summed E-state index contributed by atoms with van der Waals surface area (Å²) in [6, 6.07) is 0.794. The molecule has 0 aromatic heterocycles. The number of aliphatic hydroxyl groups is 1. The highest BCUT2D eigenvalue weighted by molar-refractivity contribution is 4.94. The molecule has 0 amide bonds. The van der Waals surface area contributed by atoms with Gasteiger partial charge < -0.3 is 14.6 Å². The largest absolute Gasteiger partial charge is 0.391 e. The minimum Gasteiger partial charge on any atom is -0.391 e. The first kappa shape index (κ1) is 14.8. The van der Waals surface area contributed by atoms with Gasteiger partial charge in [-0.25, -0.2) is 0 Å². The SMILES string of the molecule is CC1CCC(N(C)C2CC3(CCC2O)OCCO3)CC1. The number of hydrogen-bond donors (Lipinski definition) is 1. The minimum absolute atomic E-state index is 0.181. The summed E-state index contributed by atoms with van der Waals surface area (Å²) in [6.45, 7) is 3.75. The number of aliphatic hydroxyl groups excluding tert-OH is 1. The lowest BCUT2D eigenvalue weighted by Gasteiger charge is -2.46. The van der Waals surface area contributed by atoms with Gasteiger partial charge in [-0.1, -0.05) is 6.92 Å². The highest BCUT2D eigenvalue weighted by Crippen LogP contribution is 2.39. The van der Waals surface area contributed by atoms with Gasteiger partial charge in [0.1, 0.15) is 0 Å². The van der Waals surface area contributed by atoms with Crippen LogP contribution in [0.15, 0.2) is 0 Å². The molecule has 0 bridgehead atoms. The van der Waals surface area contributed by atoms with E-state index >= 15 is 0 Å². The van der Waals surface area contributed by atoms with Crippen molar-refractivity contribution in [2.45, 2.75) is 75.8 Å². The number of ether oxygens (including phenoxy) is 2. The lowest BCUT2D eigenvalue weighted by atomic mass is 9.82. The molecule has 1 heterocycles. The lowest BCUT2D eigenvalue weighted by Crippen LogP contribution is -2.55. The van der Waals surface area contributed by atoms with Crippen molar-refractivity contribution in [3.63, 3.8) is 0 Å². The van der Waals surface area contributed by atoms with Gasteiger partial charge in [0.25, 0.3) is 0 Å². The van der Waals surface area contributed by atoms with Gasteiger partial charge in [0.2, 0.25) is 0 Å². The van der Waals surface area contributed by atoms with E-state index in [0.717, 1.165) is 25.2 Å². The van der Waals surface area contributed by atoms with Crippen LogP contribution in [-0.2, 0) is 9.47 Å². The van der Waals surface area contributed by atoms with E-state index in [1.165, 1.54) is 25.7 Å². The van der Waals surface area contributed by atoms with E-state index in [1.54, 1.807) is 0 Å². The molecule has 1 spiro atoms. The molecule has 1 aliphatic heterocycles. The average Bonchev–Trinajstić information content (AvgIpc) is 2.90. The zero-order chi connectivity index (χ0) is 14.2. The highest BCUT2D eigenvalue weighted by Gasteiger charge is 2.46. The van der Waals surface area contributed by atoms with Crippen molar-refractivity contribution in [1.82, 2.24) is 4.90 Å². The summed E-state index contributed by atoms with van der Waals surface area (Å²) in [6.07, 6.45) is 7.35. The van der Waals surface area contributed by atoms with Gasteiger partial charge in [-0.05, 0) is 45.1 Å². The number of nitrogens with zero attached hydrogens (tertiary/aromatic N) is 1. The summed E-state index contributed by atoms with van der Waals surface area (Å²) in [5.74, 6) is 0.462. The van der Waals surface area contributed by atoms with Crippen LogP contribution in [0, 0.1) is 5.92 Å². The van der Waals surface area contributed by atoms with E-state index < -0.39 is 5.79 Å². The summed E-state index contributed by atoms with van der Waals surface area (Å²) in [5.41, 5.74) is 0.